The van der Waals surface area contributed by atoms with E-state index in [0.717, 1.165) is 25.2 Å². The average molecular weight is 506 g/mol. The van der Waals surface area contributed by atoms with E-state index < -0.39 is 10.0 Å². The number of piperazine rings is 1. The van der Waals surface area contributed by atoms with Crippen LogP contribution in [0, 0.1) is 0 Å². The fourth-order valence-corrected chi connectivity index (χ4v) is 5.67. The van der Waals surface area contributed by atoms with Crippen molar-refractivity contribution in [3.63, 3.8) is 0 Å². The highest BCUT2D eigenvalue weighted by Gasteiger charge is 2.27. The lowest BCUT2D eigenvalue weighted by Crippen LogP contribution is -2.49. The molecule has 1 amide bonds. The van der Waals surface area contributed by atoms with Gasteiger partial charge in [0.1, 0.15) is 10.6 Å². The number of hydrogen-bond acceptors (Lipinski definition) is 5. The van der Waals surface area contributed by atoms with Gasteiger partial charge in [-0.1, -0.05) is 67.9 Å². The molecule has 0 saturated carbocycles. The van der Waals surface area contributed by atoms with E-state index in [4.69, 9.17) is 16.3 Å². The largest absolute Gasteiger partial charge is 0.482 e. The van der Waals surface area contributed by atoms with Gasteiger partial charge in [0.05, 0.1) is 0 Å². The molecular weight excluding hydrogens is 474 g/mol. The molecular formula is C25H32ClN3O4S. The molecule has 7 nitrogen and oxygen atoms in total. The lowest BCUT2D eigenvalue weighted by Gasteiger charge is -2.34. The number of benzene rings is 2. The normalized spacial score (nSPS) is 15.2. The van der Waals surface area contributed by atoms with Gasteiger partial charge in [0.25, 0.3) is 5.91 Å². The van der Waals surface area contributed by atoms with Gasteiger partial charge in [-0.05, 0) is 23.8 Å². The SMILES string of the molecule is CCN(CC)S(=O)(=O)c1cc(Cl)ccc1OCC(=O)N1CCN(C/C=C/c2ccccc2)CC1. The summed E-state index contributed by atoms with van der Waals surface area (Å²) >= 11 is 6.06. The number of amides is 1. The Balaban J connectivity index is 1.54. The van der Waals surface area contributed by atoms with E-state index in [1.807, 2.05) is 18.2 Å². The molecule has 34 heavy (non-hydrogen) atoms. The Morgan fingerprint density at radius 1 is 1.06 bits per heavy atom. The van der Waals surface area contributed by atoms with Gasteiger partial charge in [0, 0.05) is 50.8 Å². The third-order valence-corrected chi connectivity index (χ3v) is 8.08. The highest BCUT2D eigenvalue weighted by atomic mass is 35.5. The molecule has 1 heterocycles. The Morgan fingerprint density at radius 2 is 1.74 bits per heavy atom. The molecule has 9 heteroatoms. The molecule has 0 atom stereocenters. The van der Waals surface area contributed by atoms with E-state index in [-0.39, 0.29) is 23.2 Å². The maximum Gasteiger partial charge on any atom is 0.260 e. The Kier molecular flexibility index (Phi) is 9.53. The van der Waals surface area contributed by atoms with Crippen LogP contribution in [-0.2, 0) is 14.8 Å². The number of carbonyl (C=O) groups excluding carboxylic acids is 1. The summed E-state index contributed by atoms with van der Waals surface area (Å²) in [6.07, 6.45) is 4.23. The van der Waals surface area contributed by atoms with Crippen LogP contribution in [0.4, 0.5) is 0 Å². The highest BCUT2D eigenvalue weighted by Crippen LogP contribution is 2.30. The zero-order valence-electron chi connectivity index (χ0n) is 19.7. The van der Waals surface area contributed by atoms with E-state index in [0.29, 0.717) is 31.2 Å². The molecule has 0 radical (unpaired) electrons. The Bertz CT molecular complexity index is 1080. The minimum Gasteiger partial charge on any atom is -0.482 e. The van der Waals surface area contributed by atoms with Crippen molar-refractivity contribution in [3.8, 4) is 5.75 Å². The third-order valence-electron chi connectivity index (χ3n) is 5.78. The number of sulfonamides is 1. The van der Waals surface area contributed by atoms with Gasteiger partial charge in [0.2, 0.25) is 10.0 Å². The predicted molar refractivity (Wildman–Crippen MR) is 136 cm³/mol. The fourth-order valence-electron chi connectivity index (χ4n) is 3.82. The van der Waals surface area contributed by atoms with Gasteiger partial charge in [-0.3, -0.25) is 9.69 Å². The lowest BCUT2D eigenvalue weighted by molar-refractivity contribution is -0.135. The minimum absolute atomic E-state index is 0.0217. The summed E-state index contributed by atoms with van der Waals surface area (Å²) in [5, 5.41) is 0.293. The maximum atomic E-state index is 13.0. The quantitative estimate of drug-likeness (QED) is 0.493. The molecule has 1 aliphatic heterocycles. The van der Waals surface area contributed by atoms with Crippen LogP contribution in [-0.4, -0.2) is 80.9 Å². The molecule has 1 saturated heterocycles. The van der Waals surface area contributed by atoms with Crippen LogP contribution >= 0.6 is 11.6 Å². The molecule has 1 aliphatic rings. The number of halogens is 1. The van der Waals surface area contributed by atoms with Gasteiger partial charge in [-0.15, -0.1) is 0 Å². The van der Waals surface area contributed by atoms with Crippen LogP contribution in [0.25, 0.3) is 6.08 Å². The van der Waals surface area contributed by atoms with E-state index >= 15 is 0 Å². The molecule has 0 aromatic heterocycles. The molecule has 0 N–H and O–H groups in total. The zero-order chi connectivity index (χ0) is 24.6. The summed E-state index contributed by atoms with van der Waals surface area (Å²) in [6, 6.07) is 14.6. The maximum absolute atomic E-state index is 13.0. The van der Waals surface area contributed by atoms with Crippen molar-refractivity contribution in [1.82, 2.24) is 14.1 Å². The first-order valence-electron chi connectivity index (χ1n) is 11.5. The van der Waals surface area contributed by atoms with Crippen molar-refractivity contribution in [2.24, 2.45) is 0 Å². The van der Waals surface area contributed by atoms with Crippen molar-refractivity contribution >= 4 is 33.6 Å². The van der Waals surface area contributed by atoms with Crippen LogP contribution in [0.3, 0.4) is 0 Å². The van der Waals surface area contributed by atoms with E-state index in [9.17, 15) is 13.2 Å². The van der Waals surface area contributed by atoms with Gasteiger partial charge >= 0.3 is 0 Å². The third kappa shape index (κ3) is 6.82. The monoisotopic (exact) mass is 505 g/mol. The summed E-state index contributed by atoms with van der Waals surface area (Å²) in [4.78, 5) is 16.8. The van der Waals surface area contributed by atoms with Crippen molar-refractivity contribution in [2.75, 3.05) is 52.4 Å². The number of carbonyl (C=O) groups is 1. The summed E-state index contributed by atoms with van der Waals surface area (Å²) < 4.78 is 33.0. The smallest absolute Gasteiger partial charge is 0.260 e. The van der Waals surface area contributed by atoms with Crippen molar-refractivity contribution < 1.29 is 17.9 Å². The van der Waals surface area contributed by atoms with E-state index in [1.165, 1.54) is 16.4 Å². The van der Waals surface area contributed by atoms with Crippen molar-refractivity contribution in [1.29, 1.82) is 0 Å². The topological polar surface area (TPSA) is 70.2 Å². The molecule has 0 spiro atoms. The minimum atomic E-state index is -3.78. The Labute approximate surface area is 207 Å². The Morgan fingerprint density at radius 3 is 2.38 bits per heavy atom. The summed E-state index contributed by atoms with van der Waals surface area (Å²) in [6.45, 7) is 7.55. The first-order chi connectivity index (χ1) is 16.3. The van der Waals surface area contributed by atoms with Crippen LogP contribution in [0.15, 0.2) is 59.5 Å². The summed E-state index contributed by atoms with van der Waals surface area (Å²) in [5.41, 5.74) is 1.16. The first kappa shape index (κ1) is 26.2. The molecule has 184 valence electrons. The fraction of sp³-hybridized carbons (Fsp3) is 0.400. The van der Waals surface area contributed by atoms with E-state index in [2.05, 4.69) is 29.2 Å². The van der Waals surface area contributed by atoms with Crippen molar-refractivity contribution in [3.05, 3.63) is 65.2 Å². The second kappa shape index (κ2) is 12.4. The number of nitrogens with zero attached hydrogens (tertiary/aromatic N) is 3. The van der Waals surface area contributed by atoms with Crippen LogP contribution in [0.1, 0.15) is 19.4 Å². The lowest BCUT2D eigenvalue weighted by atomic mass is 10.2. The first-order valence-corrected chi connectivity index (χ1v) is 13.3. The second-order valence-electron chi connectivity index (χ2n) is 7.96. The molecule has 2 aromatic rings. The Hall–Kier alpha value is -2.39. The average Bonchev–Trinajstić information content (AvgIpc) is 2.84. The molecule has 3 rings (SSSR count). The molecule has 2 aromatic carbocycles. The number of rotatable bonds is 10. The van der Waals surface area contributed by atoms with Gasteiger partial charge in [-0.25, -0.2) is 8.42 Å². The standard InChI is InChI=1S/C25H32ClN3O4S/c1-3-29(4-2)34(31,32)24-19-22(26)12-13-23(24)33-20-25(30)28-17-15-27(16-18-28)14-8-11-21-9-6-5-7-10-21/h5-13,19H,3-4,14-18,20H2,1-2H3/b11-8+. The predicted octanol–water partition coefficient (Wildman–Crippen LogP) is 3.61. The highest BCUT2D eigenvalue weighted by molar-refractivity contribution is 7.89. The summed E-state index contributed by atoms with van der Waals surface area (Å²) in [7, 11) is -3.78. The molecule has 0 aliphatic carbocycles. The van der Waals surface area contributed by atoms with Crippen LogP contribution < -0.4 is 4.74 Å². The second-order valence-corrected chi connectivity index (χ2v) is 10.3. The number of ether oxygens (including phenoxy) is 1. The van der Waals surface area contributed by atoms with Gasteiger partial charge in [0.15, 0.2) is 6.61 Å². The van der Waals surface area contributed by atoms with Gasteiger partial charge in [-0.2, -0.15) is 4.31 Å². The van der Waals surface area contributed by atoms with E-state index in [1.54, 1.807) is 24.8 Å². The van der Waals surface area contributed by atoms with Gasteiger partial charge < -0.3 is 9.64 Å². The molecule has 0 unspecified atom stereocenters. The number of hydrogen-bond donors (Lipinski definition) is 0. The zero-order valence-corrected chi connectivity index (χ0v) is 21.3. The van der Waals surface area contributed by atoms with Crippen LogP contribution in [0.5, 0.6) is 5.75 Å². The van der Waals surface area contributed by atoms with Crippen LogP contribution in [0.2, 0.25) is 5.02 Å². The summed E-state index contributed by atoms with van der Waals surface area (Å²) in [5.74, 6) is -0.0325. The van der Waals surface area contributed by atoms with Crippen molar-refractivity contribution in [2.45, 2.75) is 18.7 Å². The molecule has 1 fully saturated rings. The molecule has 0 bridgehead atoms.